The Morgan fingerprint density at radius 3 is 2.11 bits per heavy atom. The summed E-state index contributed by atoms with van der Waals surface area (Å²) < 4.78 is 95.1. The van der Waals surface area contributed by atoms with Crippen molar-refractivity contribution in [2.45, 2.75) is 24.3 Å². The largest absolute Gasteiger partial charge is 0.434 e. The summed E-state index contributed by atoms with van der Waals surface area (Å²) in [5.41, 5.74) is 2.28. The van der Waals surface area contributed by atoms with Crippen LogP contribution in [-0.4, -0.2) is 9.97 Å². The summed E-state index contributed by atoms with van der Waals surface area (Å²) in [4.78, 5) is 7.84. The molecule has 4 nitrogen and oxygen atoms in total. The van der Waals surface area contributed by atoms with Gasteiger partial charge in [-0.2, -0.15) is 26.3 Å². The quantitative estimate of drug-likeness (QED) is 0.269. The molecule has 3 N–H and O–H groups in total. The zero-order chi connectivity index (χ0) is 26.1. The molecule has 0 saturated carbocycles. The Morgan fingerprint density at radius 1 is 0.833 bits per heavy atom. The lowest BCUT2D eigenvalue weighted by molar-refractivity contribution is -0.140. The molecule has 0 radical (unpaired) electrons. The third-order valence-corrected chi connectivity index (χ3v) is 6.13. The number of nitrogens with zero attached hydrogens (tertiary/aromatic N) is 2. The van der Waals surface area contributed by atoms with Crippen molar-refractivity contribution in [2.24, 2.45) is 0 Å². The van der Waals surface area contributed by atoms with Crippen LogP contribution in [0.15, 0.2) is 72.2 Å². The number of nitrogens with one attached hydrogen (secondary N) is 1. The van der Waals surface area contributed by atoms with Crippen LogP contribution in [0, 0.1) is 5.82 Å². The minimum atomic E-state index is -4.88. The van der Waals surface area contributed by atoms with Crippen LogP contribution in [0.3, 0.4) is 0 Å². The van der Waals surface area contributed by atoms with Crippen LogP contribution < -0.4 is 11.1 Å². The normalized spacial score (nSPS) is 13.9. The van der Waals surface area contributed by atoms with Gasteiger partial charge in [0, 0.05) is 11.8 Å². The molecular formula is C24H17F7N4S. The van der Waals surface area contributed by atoms with Crippen molar-refractivity contribution in [3.63, 3.8) is 0 Å². The van der Waals surface area contributed by atoms with Crippen molar-refractivity contribution in [3.05, 3.63) is 106 Å². The molecule has 1 unspecified atom stereocenters. The van der Waals surface area contributed by atoms with Gasteiger partial charge in [0.2, 0.25) is 0 Å². The lowest BCUT2D eigenvalue weighted by atomic mass is 9.80. The smallest absolute Gasteiger partial charge is 0.397 e. The van der Waals surface area contributed by atoms with E-state index >= 15 is 0 Å². The van der Waals surface area contributed by atoms with E-state index in [1.165, 1.54) is 18.3 Å². The molecule has 12 heteroatoms. The van der Waals surface area contributed by atoms with E-state index in [1.807, 2.05) is 0 Å². The van der Waals surface area contributed by atoms with Crippen LogP contribution in [0.1, 0.15) is 28.1 Å². The number of anilines is 2. The number of hydrogen-bond donors (Lipinski definition) is 2. The first kappa shape index (κ1) is 25.4. The minimum Gasteiger partial charge on any atom is -0.397 e. The van der Waals surface area contributed by atoms with Crippen molar-refractivity contribution in [2.75, 3.05) is 11.1 Å². The first-order valence-corrected chi connectivity index (χ1v) is 11.2. The van der Waals surface area contributed by atoms with E-state index < -0.39 is 35.0 Å². The maximum atomic E-state index is 14.6. The van der Waals surface area contributed by atoms with E-state index in [4.69, 9.17) is 5.73 Å². The van der Waals surface area contributed by atoms with Crippen molar-refractivity contribution in [3.8, 4) is 0 Å². The zero-order valence-electron chi connectivity index (χ0n) is 18.2. The number of nitrogen functional groups attached to an aromatic ring is 1. The SMILES string of the molecule is Nc1ccc(C(Cc2ccccc2)(Nc2nc(C(F)(F)F)cs2)c2cc(F)cc(C(F)(F)F)c2)nc1. The minimum absolute atomic E-state index is 0.100. The van der Waals surface area contributed by atoms with Gasteiger partial charge in [-0.25, -0.2) is 9.37 Å². The number of rotatable bonds is 6. The van der Waals surface area contributed by atoms with E-state index in [9.17, 15) is 30.7 Å². The number of nitrogens with two attached hydrogens (primary N) is 1. The van der Waals surface area contributed by atoms with E-state index in [2.05, 4.69) is 15.3 Å². The van der Waals surface area contributed by atoms with Gasteiger partial charge in [-0.15, -0.1) is 11.3 Å². The molecule has 4 aromatic rings. The summed E-state index contributed by atoms with van der Waals surface area (Å²) in [5.74, 6) is -1.18. The summed E-state index contributed by atoms with van der Waals surface area (Å²) in [6.07, 6.45) is -8.47. The van der Waals surface area contributed by atoms with Crippen molar-refractivity contribution in [1.82, 2.24) is 9.97 Å². The average molecular weight is 526 g/mol. The van der Waals surface area contributed by atoms with Crippen LogP contribution in [0.25, 0.3) is 0 Å². The predicted octanol–water partition coefficient (Wildman–Crippen LogP) is 6.90. The fourth-order valence-corrected chi connectivity index (χ4v) is 4.52. The summed E-state index contributed by atoms with van der Waals surface area (Å²) in [6, 6.07) is 13.3. The molecule has 2 aromatic carbocycles. The molecule has 0 amide bonds. The fraction of sp³-hybridized carbons (Fsp3) is 0.167. The number of hydrogen-bond acceptors (Lipinski definition) is 5. The molecule has 36 heavy (non-hydrogen) atoms. The lowest BCUT2D eigenvalue weighted by Gasteiger charge is -2.36. The summed E-state index contributed by atoms with van der Waals surface area (Å²) in [7, 11) is 0. The topological polar surface area (TPSA) is 63.8 Å². The molecule has 0 aliphatic carbocycles. The Bertz CT molecular complexity index is 1340. The van der Waals surface area contributed by atoms with Crippen LogP contribution in [-0.2, 0) is 24.3 Å². The van der Waals surface area contributed by atoms with Gasteiger partial charge in [0.25, 0.3) is 0 Å². The second kappa shape index (κ2) is 9.41. The maximum absolute atomic E-state index is 14.6. The average Bonchev–Trinajstić information content (AvgIpc) is 3.28. The number of alkyl halides is 6. The van der Waals surface area contributed by atoms with Crippen LogP contribution in [0.4, 0.5) is 41.6 Å². The fourth-order valence-electron chi connectivity index (χ4n) is 3.72. The maximum Gasteiger partial charge on any atom is 0.434 e. The number of benzene rings is 2. The third kappa shape index (κ3) is 5.43. The Labute approximate surface area is 204 Å². The van der Waals surface area contributed by atoms with Crippen molar-refractivity contribution in [1.29, 1.82) is 0 Å². The highest BCUT2D eigenvalue weighted by atomic mass is 32.1. The molecule has 0 spiro atoms. The highest BCUT2D eigenvalue weighted by Crippen LogP contribution is 2.41. The molecule has 0 bridgehead atoms. The van der Waals surface area contributed by atoms with Crippen molar-refractivity contribution < 1.29 is 30.7 Å². The van der Waals surface area contributed by atoms with Gasteiger partial charge in [0.15, 0.2) is 10.8 Å². The van der Waals surface area contributed by atoms with Crippen LogP contribution in [0.5, 0.6) is 0 Å². The van der Waals surface area contributed by atoms with E-state index in [0.717, 1.165) is 17.5 Å². The Hall–Kier alpha value is -3.67. The van der Waals surface area contributed by atoms with Gasteiger partial charge < -0.3 is 11.1 Å². The molecule has 2 aromatic heterocycles. The molecular weight excluding hydrogens is 509 g/mol. The number of halogens is 7. The summed E-state index contributed by atoms with van der Waals surface area (Å²) in [6.45, 7) is 0. The highest BCUT2D eigenvalue weighted by molar-refractivity contribution is 7.13. The second-order valence-corrected chi connectivity index (χ2v) is 8.79. The molecule has 2 heterocycles. The monoisotopic (exact) mass is 526 g/mol. The highest BCUT2D eigenvalue weighted by Gasteiger charge is 2.41. The Morgan fingerprint density at radius 2 is 1.53 bits per heavy atom. The third-order valence-electron chi connectivity index (χ3n) is 5.37. The standard InChI is InChI=1S/C24H17F7N4S/c25-17-9-15(8-16(10-17)23(26,27)28)22(11-14-4-2-1-3-5-14,19-7-6-18(32)12-33-19)35-21-34-20(13-36-21)24(29,30)31/h1-10,12-13H,11,32H2,(H,34,35). The van der Waals surface area contributed by atoms with Gasteiger partial charge in [-0.05, 0) is 41.5 Å². The Balaban J connectivity index is 1.98. The second-order valence-electron chi connectivity index (χ2n) is 7.93. The van der Waals surface area contributed by atoms with E-state index in [-0.39, 0.29) is 28.5 Å². The molecule has 0 aliphatic heterocycles. The summed E-state index contributed by atoms with van der Waals surface area (Å²) >= 11 is 0.610. The van der Waals surface area contributed by atoms with Gasteiger partial charge in [0.05, 0.1) is 23.1 Å². The van der Waals surface area contributed by atoms with Crippen LogP contribution >= 0.6 is 11.3 Å². The summed E-state index contributed by atoms with van der Waals surface area (Å²) in [5, 5.41) is 3.40. The van der Waals surface area contributed by atoms with Gasteiger partial charge in [-0.1, -0.05) is 30.3 Å². The molecule has 1 atom stereocenters. The molecule has 0 fully saturated rings. The van der Waals surface area contributed by atoms with Gasteiger partial charge in [0.1, 0.15) is 11.4 Å². The van der Waals surface area contributed by atoms with Gasteiger partial charge in [-0.3, -0.25) is 4.98 Å². The Kier molecular flexibility index (Phi) is 6.65. The van der Waals surface area contributed by atoms with Gasteiger partial charge >= 0.3 is 12.4 Å². The number of pyridine rings is 1. The molecule has 0 aliphatic rings. The first-order valence-electron chi connectivity index (χ1n) is 10.3. The van der Waals surface area contributed by atoms with E-state index in [0.29, 0.717) is 23.0 Å². The van der Waals surface area contributed by atoms with Crippen molar-refractivity contribution >= 4 is 22.2 Å². The molecule has 0 saturated heterocycles. The molecule has 188 valence electrons. The first-order chi connectivity index (χ1) is 16.9. The predicted molar refractivity (Wildman–Crippen MR) is 122 cm³/mol. The van der Waals surface area contributed by atoms with Crippen LogP contribution in [0.2, 0.25) is 0 Å². The lowest BCUT2D eigenvalue weighted by Crippen LogP contribution is -2.40. The number of aromatic nitrogens is 2. The van der Waals surface area contributed by atoms with E-state index in [1.54, 1.807) is 30.3 Å². The molecule has 4 rings (SSSR count). The zero-order valence-corrected chi connectivity index (χ0v) is 19.0. The number of thiazole rings is 1.